The average Bonchev–Trinajstić information content (AvgIpc) is 2.64. The van der Waals surface area contributed by atoms with E-state index < -0.39 is 0 Å². The van der Waals surface area contributed by atoms with Gasteiger partial charge in [-0.1, -0.05) is 26.0 Å². The Hall–Kier alpha value is -3.41. The van der Waals surface area contributed by atoms with Gasteiger partial charge in [-0.25, -0.2) is 4.98 Å². The van der Waals surface area contributed by atoms with Gasteiger partial charge in [0.05, 0.1) is 0 Å². The Morgan fingerprint density at radius 3 is 2.07 bits per heavy atom. The Bertz CT molecular complexity index is 905. The fourth-order valence-corrected chi connectivity index (χ4v) is 2.56. The number of aromatic nitrogens is 2. The summed E-state index contributed by atoms with van der Waals surface area (Å²) in [5.41, 5.74) is 3.86. The highest BCUT2D eigenvalue weighted by Gasteiger charge is 2.03. The van der Waals surface area contributed by atoms with Crippen molar-refractivity contribution in [2.75, 3.05) is 16.0 Å². The molecule has 3 rings (SSSR count). The molecule has 138 valence electrons. The second-order valence-corrected chi connectivity index (χ2v) is 6.55. The van der Waals surface area contributed by atoms with E-state index in [2.05, 4.69) is 51.9 Å². The maximum Gasteiger partial charge on any atom is 0.229 e. The molecule has 0 fully saturated rings. The van der Waals surface area contributed by atoms with Crippen molar-refractivity contribution >= 4 is 34.7 Å². The van der Waals surface area contributed by atoms with E-state index in [1.807, 2.05) is 42.5 Å². The quantitative estimate of drug-likeness (QED) is 0.573. The standard InChI is InChI=1S/C21H23N5O/c1-14(2)16-4-6-18(7-5-16)24-20-12-13-22-21(26-20)25-19-10-8-17(9-11-19)23-15(3)27/h4-14H,1-3H3,(H,23,27)(H2,22,24,25,26). The molecule has 0 aliphatic rings. The number of hydrogen-bond acceptors (Lipinski definition) is 5. The van der Waals surface area contributed by atoms with Crippen LogP contribution in [0.1, 0.15) is 32.3 Å². The maximum atomic E-state index is 11.1. The third-order valence-corrected chi connectivity index (χ3v) is 3.97. The molecule has 6 heteroatoms. The van der Waals surface area contributed by atoms with Crippen LogP contribution >= 0.6 is 0 Å². The molecule has 6 nitrogen and oxygen atoms in total. The van der Waals surface area contributed by atoms with Crippen LogP contribution in [0.15, 0.2) is 60.8 Å². The van der Waals surface area contributed by atoms with Crippen molar-refractivity contribution in [1.82, 2.24) is 9.97 Å². The first kappa shape index (κ1) is 18.4. The first-order chi connectivity index (χ1) is 13.0. The molecule has 0 bridgehead atoms. The van der Waals surface area contributed by atoms with Crippen LogP contribution in [-0.4, -0.2) is 15.9 Å². The molecule has 0 aliphatic heterocycles. The number of carbonyl (C=O) groups excluding carboxylic acids is 1. The van der Waals surface area contributed by atoms with Crippen molar-refractivity contribution in [3.05, 3.63) is 66.4 Å². The van der Waals surface area contributed by atoms with Crippen LogP contribution in [0.5, 0.6) is 0 Å². The summed E-state index contributed by atoms with van der Waals surface area (Å²) in [4.78, 5) is 19.8. The number of carbonyl (C=O) groups is 1. The molecular formula is C21H23N5O. The molecular weight excluding hydrogens is 338 g/mol. The van der Waals surface area contributed by atoms with Gasteiger partial charge in [-0.2, -0.15) is 4.98 Å². The molecule has 0 saturated carbocycles. The Balaban J connectivity index is 1.67. The minimum Gasteiger partial charge on any atom is -0.340 e. The highest BCUT2D eigenvalue weighted by atomic mass is 16.1. The maximum absolute atomic E-state index is 11.1. The number of nitrogens with one attached hydrogen (secondary N) is 3. The first-order valence-electron chi connectivity index (χ1n) is 8.84. The summed E-state index contributed by atoms with van der Waals surface area (Å²) >= 11 is 0. The van der Waals surface area contributed by atoms with E-state index in [-0.39, 0.29) is 5.91 Å². The number of amides is 1. The Labute approximate surface area is 159 Å². The number of nitrogens with zero attached hydrogens (tertiary/aromatic N) is 2. The largest absolute Gasteiger partial charge is 0.340 e. The van der Waals surface area contributed by atoms with E-state index in [4.69, 9.17) is 0 Å². The predicted molar refractivity (Wildman–Crippen MR) is 110 cm³/mol. The van der Waals surface area contributed by atoms with Crippen molar-refractivity contribution in [2.45, 2.75) is 26.7 Å². The second-order valence-electron chi connectivity index (χ2n) is 6.55. The van der Waals surface area contributed by atoms with Crippen molar-refractivity contribution in [3.8, 4) is 0 Å². The molecule has 0 atom stereocenters. The van der Waals surface area contributed by atoms with Crippen LogP contribution < -0.4 is 16.0 Å². The number of benzene rings is 2. The van der Waals surface area contributed by atoms with Gasteiger partial charge in [-0.3, -0.25) is 4.79 Å². The minimum absolute atomic E-state index is 0.0979. The van der Waals surface area contributed by atoms with E-state index in [1.165, 1.54) is 12.5 Å². The fraction of sp³-hybridized carbons (Fsp3) is 0.190. The Morgan fingerprint density at radius 2 is 1.44 bits per heavy atom. The molecule has 0 aliphatic carbocycles. The molecule has 0 unspecified atom stereocenters. The van der Waals surface area contributed by atoms with Crippen molar-refractivity contribution in [1.29, 1.82) is 0 Å². The number of hydrogen-bond donors (Lipinski definition) is 3. The molecule has 0 saturated heterocycles. The topological polar surface area (TPSA) is 78.9 Å². The number of rotatable bonds is 6. The third-order valence-electron chi connectivity index (χ3n) is 3.97. The summed E-state index contributed by atoms with van der Waals surface area (Å²) in [7, 11) is 0. The monoisotopic (exact) mass is 361 g/mol. The lowest BCUT2D eigenvalue weighted by atomic mass is 10.0. The van der Waals surface area contributed by atoms with E-state index in [0.717, 1.165) is 17.1 Å². The summed E-state index contributed by atoms with van der Waals surface area (Å²) in [5, 5.41) is 9.18. The molecule has 0 spiro atoms. The zero-order chi connectivity index (χ0) is 19.2. The molecule has 1 aromatic heterocycles. The van der Waals surface area contributed by atoms with Crippen LogP contribution in [0.2, 0.25) is 0 Å². The van der Waals surface area contributed by atoms with Gasteiger partial charge in [0.2, 0.25) is 11.9 Å². The van der Waals surface area contributed by atoms with Crippen LogP contribution in [0, 0.1) is 0 Å². The summed E-state index contributed by atoms with van der Waals surface area (Å²) in [5.74, 6) is 1.61. The van der Waals surface area contributed by atoms with Crippen LogP contribution in [0.25, 0.3) is 0 Å². The van der Waals surface area contributed by atoms with Crippen molar-refractivity contribution in [3.63, 3.8) is 0 Å². The summed E-state index contributed by atoms with van der Waals surface area (Å²) in [6, 6.07) is 17.5. The lowest BCUT2D eigenvalue weighted by Crippen LogP contribution is -2.05. The normalized spacial score (nSPS) is 10.5. The molecule has 1 heterocycles. The molecule has 3 N–H and O–H groups in total. The van der Waals surface area contributed by atoms with Gasteiger partial charge in [0.15, 0.2) is 0 Å². The highest BCUT2D eigenvalue weighted by Crippen LogP contribution is 2.21. The Morgan fingerprint density at radius 1 is 0.852 bits per heavy atom. The SMILES string of the molecule is CC(=O)Nc1ccc(Nc2nccc(Nc3ccc(C(C)C)cc3)n2)cc1. The molecule has 3 aromatic rings. The number of anilines is 5. The highest BCUT2D eigenvalue weighted by molar-refractivity contribution is 5.88. The lowest BCUT2D eigenvalue weighted by Gasteiger charge is -2.10. The molecule has 0 radical (unpaired) electrons. The zero-order valence-electron chi connectivity index (χ0n) is 15.7. The van der Waals surface area contributed by atoms with Gasteiger partial charge in [0.1, 0.15) is 5.82 Å². The van der Waals surface area contributed by atoms with Crippen LogP contribution in [0.3, 0.4) is 0 Å². The molecule has 2 aromatic carbocycles. The third kappa shape index (κ3) is 5.28. The minimum atomic E-state index is -0.0979. The summed E-state index contributed by atoms with van der Waals surface area (Å²) < 4.78 is 0. The van der Waals surface area contributed by atoms with Gasteiger partial charge in [-0.05, 0) is 53.9 Å². The second kappa shape index (κ2) is 8.31. The lowest BCUT2D eigenvalue weighted by molar-refractivity contribution is -0.114. The predicted octanol–water partition coefficient (Wildman–Crippen LogP) is 5.05. The molecule has 27 heavy (non-hydrogen) atoms. The van der Waals surface area contributed by atoms with Gasteiger partial charge < -0.3 is 16.0 Å². The molecule has 1 amide bonds. The van der Waals surface area contributed by atoms with Gasteiger partial charge >= 0.3 is 0 Å². The summed E-state index contributed by atoms with van der Waals surface area (Å²) in [6.07, 6.45) is 1.70. The van der Waals surface area contributed by atoms with Crippen molar-refractivity contribution < 1.29 is 4.79 Å². The van der Waals surface area contributed by atoms with Gasteiger partial charge in [0.25, 0.3) is 0 Å². The average molecular weight is 361 g/mol. The summed E-state index contributed by atoms with van der Waals surface area (Å²) in [6.45, 7) is 5.83. The van der Waals surface area contributed by atoms with Gasteiger partial charge in [0, 0.05) is 30.2 Å². The van der Waals surface area contributed by atoms with E-state index in [9.17, 15) is 4.79 Å². The van der Waals surface area contributed by atoms with E-state index in [0.29, 0.717) is 17.7 Å². The van der Waals surface area contributed by atoms with Crippen LogP contribution in [-0.2, 0) is 4.79 Å². The van der Waals surface area contributed by atoms with Crippen molar-refractivity contribution in [2.24, 2.45) is 0 Å². The van der Waals surface area contributed by atoms with E-state index >= 15 is 0 Å². The Kier molecular flexibility index (Phi) is 5.66. The van der Waals surface area contributed by atoms with Crippen LogP contribution in [0.4, 0.5) is 28.8 Å². The first-order valence-corrected chi connectivity index (χ1v) is 8.84. The van der Waals surface area contributed by atoms with Gasteiger partial charge in [-0.15, -0.1) is 0 Å². The smallest absolute Gasteiger partial charge is 0.229 e. The zero-order valence-corrected chi connectivity index (χ0v) is 15.7. The fourth-order valence-electron chi connectivity index (χ4n) is 2.56. The van der Waals surface area contributed by atoms with E-state index in [1.54, 1.807) is 6.20 Å².